The van der Waals surface area contributed by atoms with Gasteiger partial charge in [0.25, 0.3) is 0 Å². The minimum atomic E-state index is 0.569. The van der Waals surface area contributed by atoms with Crippen molar-refractivity contribution in [1.29, 1.82) is 0 Å². The van der Waals surface area contributed by atoms with Crippen LogP contribution < -0.4 is 0 Å². The van der Waals surface area contributed by atoms with E-state index in [4.69, 9.17) is 0 Å². The van der Waals surface area contributed by atoms with Crippen LogP contribution in [0.1, 0.15) is 0 Å². The van der Waals surface area contributed by atoms with Crippen LogP contribution in [0, 0.1) is 0 Å². The number of hydrogen-bond acceptors (Lipinski definition) is 2. The van der Waals surface area contributed by atoms with E-state index in [1.54, 1.807) is 0 Å². The molecule has 0 saturated carbocycles. The van der Waals surface area contributed by atoms with Crippen LogP contribution in [0.3, 0.4) is 0 Å². The molecule has 0 rings (SSSR count). The van der Waals surface area contributed by atoms with Gasteiger partial charge >= 0.3 is 45.6 Å². The molecule has 0 fully saturated rings. The van der Waals surface area contributed by atoms with Crippen LogP contribution in [0.2, 0.25) is 0 Å². The van der Waals surface area contributed by atoms with Crippen molar-refractivity contribution in [2.45, 2.75) is 0 Å². The Morgan fingerprint density at radius 3 is 2.17 bits per heavy atom. The van der Waals surface area contributed by atoms with Crippen molar-refractivity contribution < 1.29 is 19.9 Å². The van der Waals surface area contributed by atoms with Gasteiger partial charge in [0.2, 0.25) is 0 Å². The molecule has 0 aliphatic heterocycles. The van der Waals surface area contributed by atoms with Crippen molar-refractivity contribution in [2.75, 3.05) is 20.8 Å². The summed E-state index contributed by atoms with van der Waals surface area (Å²) in [5.74, 6) is 0. The Balaban J connectivity index is 2.63. The molecule has 0 aromatic rings. The quantitative estimate of drug-likeness (QED) is 0.491. The van der Waals surface area contributed by atoms with Crippen LogP contribution in [-0.2, 0) is 19.9 Å². The van der Waals surface area contributed by atoms with Gasteiger partial charge in [-0.05, 0) is 0 Å². The Morgan fingerprint density at radius 1 is 1.67 bits per heavy atom. The summed E-state index contributed by atoms with van der Waals surface area (Å²) in [6.45, 7) is 0.569. The molecule has 0 atom stereocenters. The second kappa shape index (κ2) is 3.61. The van der Waals surface area contributed by atoms with Crippen molar-refractivity contribution in [3.8, 4) is 0 Å². The van der Waals surface area contributed by atoms with Gasteiger partial charge in [0.1, 0.15) is 0 Å². The Labute approximate surface area is 46.4 Å². The van der Waals surface area contributed by atoms with E-state index in [0.717, 1.165) is 0 Å². The van der Waals surface area contributed by atoms with E-state index in [1.807, 2.05) is 19.0 Å². The third-order valence-corrected chi connectivity index (χ3v) is 0.436. The zero-order chi connectivity index (χ0) is 4.99. The molecule has 0 aromatic carbocycles. The topological polar surface area (TPSA) is 12.5 Å². The maximum atomic E-state index is 4.42. The van der Waals surface area contributed by atoms with Gasteiger partial charge < -0.3 is 0 Å². The molecule has 40 valence electrons. The maximum absolute atomic E-state index is 4.42. The first-order valence-electron chi connectivity index (χ1n) is 1.64. The second-order valence-electron chi connectivity index (χ2n) is 1.30. The Bertz CT molecular complexity index is 32.0. The van der Waals surface area contributed by atoms with Gasteiger partial charge in [-0.25, -0.2) is 0 Å². The van der Waals surface area contributed by atoms with Gasteiger partial charge in [0, 0.05) is 0 Å². The fourth-order valence-corrected chi connectivity index (χ4v) is 0.355. The van der Waals surface area contributed by atoms with E-state index < -0.39 is 0 Å². The zero-order valence-electron chi connectivity index (χ0n) is 3.90. The molecule has 0 aliphatic rings. The van der Waals surface area contributed by atoms with Crippen LogP contribution in [0.4, 0.5) is 0 Å². The standard InChI is InChI=1S/C3H8NO.Co/c1-4(2)3-5;/h3H2,1-2H3;/q-1;+1. The predicted octanol–water partition coefficient (Wildman–Crippen LogP) is -0.0161. The summed E-state index contributed by atoms with van der Waals surface area (Å²) in [5.41, 5.74) is 0. The van der Waals surface area contributed by atoms with Crippen molar-refractivity contribution in [3.63, 3.8) is 0 Å². The van der Waals surface area contributed by atoms with E-state index in [9.17, 15) is 0 Å². The van der Waals surface area contributed by atoms with Crippen LogP contribution in [-0.4, -0.2) is 25.7 Å². The van der Waals surface area contributed by atoms with Gasteiger partial charge in [-0.3, -0.25) is 0 Å². The molecule has 0 bridgehead atoms. The first-order valence-corrected chi connectivity index (χ1v) is 2.06. The Kier molecular flexibility index (Phi) is 3.87. The monoisotopic (exact) mass is 133 g/mol. The number of nitrogens with zero attached hydrogens (tertiary/aromatic N) is 1. The van der Waals surface area contributed by atoms with Crippen LogP contribution >= 0.6 is 0 Å². The average Bonchev–Trinajstić information content (AvgIpc) is 1.35. The number of hydrogen-bond donors (Lipinski definition) is 0. The van der Waals surface area contributed by atoms with Crippen molar-refractivity contribution in [2.24, 2.45) is 0 Å². The molecule has 3 heteroatoms. The second-order valence-corrected chi connectivity index (χ2v) is 1.61. The van der Waals surface area contributed by atoms with E-state index >= 15 is 0 Å². The van der Waals surface area contributed by atoms with Gasteiger partial charge in [0.15, 0.2) is 0 Å². The zero-order valence-corrected chi connectivity index (χ0v) is 4.94. The molecular weight excluding hydrogens is 125 g/mol. The average molecular weight is 133 g/mol. The molecular formula is C3H8CoNO. The summed E-state index contributed by atoms with van der Waals surface area (Å²) in [4.78, 5) is 1.88. The Morgan fingerprint density at radius 2 is 2.17 bits per heavy atom. The summed E-state index contributed by atoms with van der Waals surface area (Å²) < 4.78 is 4.42. The molecule has 0 aromatic heterocycles. The summed E-state index contributed by atoms with van der Waals surface area (Å²) in [7, 11) is 3.82. The van der Waals surface area contributed by atoms with E-state index in [0.29, 0.717) is 6.73 Å². The fourth-order valence-electron chi connectivity index (χ4n) is 0.0861. The van der Waals surface area contributed by atoms with Crippen LogP contribution in [0.5, 0.6) is 0 Å². The molecule has 0 heterocycles. The number of rotatable bonds is 2. The molecule has 0 radical (unpaired) electrons. The molecule has 6 heavy (non-hydrogen) atoms. The molecule has 0 spiro atoms. The molecule has 0 aliphatic carbocycles. The minimum absolute atomic E-state index is 0.569. The summed E-state index contributed by atoms with van der Waals surface area (Å²) in [6.07, 6.45) is 0. The summed E-state index contributed by atoms with van der Waals surface area (Å²) >= 11 is 3.56. The summed E-state index contributed by atoms with van der Waals surface area (Å²) in [6, 6.07) is 0. The van der Waals surface area contributed by atoms with Gasteiger partial charge in [-0.15, -0.1) is 0 Å². The first kappa shape index (κ1) is 6.43. The van der Waals surface area contributed by atoms with Gasteiger partial charge in [-0.2, -0.15) is 0 Å². The molecule has 0 unspecified atom stereocenters. The van der Waals surface area contributed by atoms with Crippen molar-refractivity contribution in [3.05, 3.63) is 0 Å². The molecule has 2 nitrogen and oxygen atoms in total. The SMILES string of the molecule is CN(C)C[O][Co]. The van der Waals surface area contributed by atoms with Crippen LogP contribution in [0.15, 0.2) is 0 Å². The van der Waals surface area contributed by atoms with Gasteiger partial charge in [-0.1, -0.05) is 0 Å². The third kappa shape index (κ3) is 4.43. The normalized spacial score (nSPS) is 10.2. The molecule has 0 amide bonds. The van der Waals surface area contributed by atoms with E-state index in [2.05, 4.69) is 19.9 Å². The Hall–Kier alpha value is 0.426. The van der Waals surface area contributed by atoms with Crippen molar-refractivity contribution >= 4 is 0 Å². The molecule has 0 saturated heterocycles. The summed E-state index contributed by atoms with van der Waals surface area (Å²) in [5, 5.41) is 0. The van der Waals surface area contributed by atoms with E-state index in [1.165, 1.54) is 0 Å². The predicted molar refractivity (Wildman–Crippen MR) is 19.6 cm³/mol. The van der Waals surface area contributed by atoms with Crippen molar-refractivity contribution in [1.82, 2.24) is 4.90 Å². The van der Waals surface area contributed by atoms with Crippen LogP contribution in [0.25, 0.3) is 0 Å². The first-order chi connectivity index (χ1) is 2.77. The fraction of sp³-hybridized carbons (Fsp3) is 1.00. The van der Waals surface area contributed by atoms with E-state index in [-0.39, 0.29) is 0 Å². The van der Waals surface area contributed by atoms with Gasteiger partial charge in [0.05, 0.1) is 0 Å². The third-order valence-electron chi connectivity index (χ3n) is 0.301. The molecule has 0 N–H and O–H groups in total.